The van der Waals surface area contributed by atoms with Gasteiger partial charge in [0.2, 0.25) is 5.91 Å². The standard InChI is InChI=1S/C15H13Cl2NO2/c16-12-6-5-10(7-13(12)17)15(20)11-4-2-1-3-9(11)8-14(18)19/h1-7,15,20H,8H2,(H2,18,19). The Morgan fingerprint density at radius 1 is 1.15 bits per heavy atom. The molecule has 3 nitrogen and oxygen atoms in total. The molecule has 2 aromatic rings. The second kappa shape index (κ2) is 6.27. The van der Waals surface area contributed by atoms with Gasteiger partial charge in [0.05, 0.1) is 16.5 Å². The number of hydrogen-bond donors (Lipinski definition) is 2. The zero-order valence-corrected chi connectivity index (χ0v) is 12.0. The molecule has 1 amide bonds. The van der Waals surface area contributed by atoms with E-state index < -0.39 is 12.0 Å². The van der Waals surface area contributed by atoms with Crippen molar-refractivity contribution >= 4 is 29.1 Å². The topological polar surface area (TPSA) is 63.3 Å². The van der Waals surface area contributed by atoms with E-state index in [1.54, 1.807) is 42.5 Å². The zero-order valence-electron chi connectivity index (χ0n) is 10.5. The van der Waals surface area contributed by atoms with E-state index in [-0.39, 0.29) is 6.42 Å². The van der Waals surface area contributed by atoms with Crippen LogP contribution in [0.15, 0.2) is 42.5 Å². The summed E-state index contributed by atoms with van der Waals surface area (Å²) in [4.78, 5) is 11.1. The van der Waals surface area contributed by atoms with Gasteiger partial charge in [-0.05, 0) is 28.8 Å². The van der Waals surface area contributed by atoms with Gasteiger partial charge in [0.15, 0.2) is 0 Å². The highest BCUT2D eigenvalue weighted by molar-refractivity contribution is 6.42. The number of benzene rings is 2. The van der Waals surface area contributed by atoms with Crippen LogP contribution < -0.4 is 5.73 Å². The summed E-state index contributed by atoms with van der Waals surface area (Å²) in [5.74, 6) is -0.446. The van der Waals surface area contributed by atoms with Crippen molar-refractivity contribution in [1.82, 2.24) is 0 Å². The van der Waals surface area contributed by atoms with E-state index in [4.69, 9.17) is 28.9 Å². The third kappa shape index (κ3) is 3.31. The van der Waals surface area contributed by atoms with Crippen molar-refractivity contribution in [2.75, 3.05) is 0 Å². The van der Waals surface area contributed by atoms with Crippen LogP contribution in [0, 0.1) is 0 Å². The zero-order chi connectivity index (χ0) is 14.7. The first kappa shape index (κ1) is 14.9. The summed E-state index contributed by atoms with van der Waals surface area (Å²) in [6.45, 7) is 0. The van der Waals surface area contributed by atoms with Crippen molar-refractivity contribution in [2.24, 2.45) is 5.73 Å². The van der Waals surface area contributed by atoms with Gasteiger partial charge in [-0.2, -0.15) is 0 Å². The van der Waals surface area contributed by atoms with Gasteiger partial charge < -0.3 is 10.8 Å². The van der Waals surface area contributed by atoms with E-state index in [0.717, 1.165) is 0 Å². The number of carbonyl (C=O) groups is 1. The summed E-state index contributed by atoms with van der Waals surface area (Å²) in [5.41, 5.74) is 7.15. The largest absolute Gasteiger partial charge is 0.384 e. The Morgan fingerprint density at radius 2 is 1.85 bits per heavy atom. The summed E-state index contributed by atoms with van der Waals surface area (Å²) in [5, 5.41) is 11.2. The van der Waals surface area contributed by atoms with Gasteiger partial charge in [0.1, 0.15) is 6.10 Å². The van der Waals surface area contributed by atoms with Crippen molar-refractivity contribution in [3.8, 4) is 0 Å². The van der Waals surface area contributed by atoms with E-state index in [9.17, 15) is 9.90 Å². The van der Waals surface area contributed by atoms with Crippen molar-refractivity contribution in [2.45, 2.75) is 12.5 Å². The molecule has 2 aromatic carbocycles. The Bertz CT molecular complexity index is 644. The molecule has 0 heterocycles. The lowest BCUT2D eigenvalue weighted by Crippen LogP contribution is -2.16. The highest BCUT2D eigenvalue weighted by Crippen LogP contribution is 2.30. The summed E-state index contributed by atoms with van der Waals surface area (Å²) in [6.07, 6.45) is -0.811. The number of aliphatic hydroxyl groups excluding tert-OH is 1. The molecule has 0 aromatic heterocycles. The molecule has 0 fully saturated rings. The summed E-state index contributed by atoms with van der Waals surface area (Å²) >= 11 is 11.8. The number of aliphatic hydroxyl groups is 1. The Morgan fingerprint density at radius 3 is 2.50 bits per heavy atom. The smallest absolute Gasteiger partial charge is 0.221 e. The highest BCUT2D eigenvalue weighted by Gasteiger charge is 2.16. The lowest BCUT2D eigenvalue weighted by atomic mass is 9.95. The third-order valence-corrected chi connectivity index (χ3v) is 3.71. The molecule has 0 saturated heterocycles. The maximum Gasteiger partial charge on any atom is 0.221 e. The van der Waals surface area contributed by atoms with E-state index in [0.29, 0.717) is 26.7 Å². The molecule has 1 unspecified atom stereocenters. The lowest BCUT2D eigenvalue weighted by Gasteiger charge is -2.16. The SMILES string of the molecule is NC(=O)Cc1ccccc1C(O)c1ccc(Cl)c(Cl)c1. The normalized spacial score (nSPS) is 12.2. The van der Waals surface area contributed by atoms with Gasteiger partial charge in [-0.1, -0.05) is 53.5 Å². The molecule has 0 aliphatic rings. The van der Waals surface area contributed by atoms with Crippen molar-refractivity contribution < 1.29 is 9.90 Å². The number of amides is 1. The van der Waals surface area contributed by atoms with E-state index in [1.807, 2.05) is 0 Å². The summed E-state index contributed by atoms with van der Waals surface area (Å²) in [7, 11) is 0. The molecule has 0 saturated carbocycles. The van der Waals surface area contributed by atoms with Crippen molar-refractivity contribution in [3.63, 3.8) is 0 Å². The highest BCUT2D eigenvalue weighted by atomic mass is 35.5. The molecule has 0 spiro atoms. The van der Waals surface area contributed by atoms with E-state index in [2.05, 4.69) is 0 Å². The average molecular weight is 310 g/mol. The van der Waals surface area contributed by atoms with Gasteiger partial charge in [0, 0.05) is 0 Å². The number of nitrogens with two attached hydrogens (primary N) is 1. The number of hydrogen-bond acceptors (Lipinski definition) is 2. The first-order valence-corrected chi connectivity index (χ1v) is 6.73. The average Bonchev–Trinajstić information content (AvgIpc) is 2.41. The van der Waals surface area contributed by atoms with Gasteiger partial charge in [-0.15, -0.1) is 0 Å². The molecule has 0 aliphatic carbocycles. The van der Waals surface area contributed by atoms with Crippen LogP contribution in [-0.4, -0.2) is 11.0 Å². The maximum atomic E-state index is 11.1. The minimum absolute atomic E-state index is 0.0779. The first-order chi connectivity index (χ1) is 9.49. The Hall–Kier alpha value is -1.55. The van der Waals surface area contributed by atoms with Crippen molar-refractivity contribution in [1.29, 1.82) is 0 Å². The summed E-state index contributed by atoms with van der Waals surface area (Å²) in [6, 6.07) is 12.0. The molecule has 104 valence electrons. The summed E-state index contributed by atoms with van der Waals surface area (Å²) < 4.78 is 0. The Kier molecular flexibility index (Phi) is 4.65. The number of carbonyl (C=O) groups excluding carboxylic acids is 1. The Labute approximate surface area is 126 Å². The molecular weight excluding hydrogens is 297 g/mol. The third-order valence-electron chi connectivity index (χ3n) is 2.97. The molecule has 20 heavy (non-hydrogen) atoms. The fourth-order valence-corrected chi connectivity index (χ4v) is 2.32. The van der Waals surface area contributed by atoms with Gasteiger partial charge >= 0.3 is 0 Å². The van der Waals surface area contributed by atoms with Crippen LogP contribution >= 0.6 is 23.2 Å². The van der Waals surface area contributed by atoms with Crippen LogP contribution in [0.3, 0.4) is 0 Å². The van der Waals surface area contributed by atoms with Gasteiger partial charge in [-0.25, -0.2) is 0 Å². The molecule has 0 bridgehead atoms. The lowest BCUT2D eigenvalue weighted by molar-refractivity contribution is -0.117. The number of primary amides is 1. The second-order valence-electron chi connectivity index (χ2n) is 4.42. The van der Waals surface area contributed by atoms with Gasteiger partial charge in [0.25, 0.3) is 0 Å². The minimum Gasteiger partial charge on any atom is -0.384 e. The Balaban J connectivity index is 2.39. The molecule has 3 N–H and O–H groups in total. The predicted octanol–water partition coefficient (Wildman–Crippen LogP) is 3.10. The molecule has 0 aliphatic heterocycles. The quantitative estimate of drug-likeness (QED) is 0.911. The maximum absolute atomic E-state index is 11.1. The van der Waals surface area contributed by atoms with Crippen LogP contribution in [0.2, 0.25) is 10.0 Å². The minimum atomic E-state index is -0.889. The first-order valence-electron chi connectivity index (χ1n) is 5.98. The number of rotatable bonds is 4. The van der Waals surface area contributed by atoms with Crippen LogP contribution in [0.1, 0.15) is 22.8 Å². The monoisotopic (exact) mass is 309 g/mol. The van der Waals surface area contributed by atoms with E-state index in [1.165, 1.54) is 0 Å². The van der Waals surface area contributed by atoms with Crippen molar-refractivity contribution in [3.05, 3.63) is 69.2 Å². The van der Waals surface area contributed by atoms with Crippen LogP contribution in [0.25, 0.3) is 0 Å². The number of halogens is 2. The van der Waals surface area contributed by atoms with E-state index >= 15 is 0 Å². The molecule has 0 radical (unpaired) electrons. The van der Waals surface area contributed by atoms with Crippen LogP contribution in [-0.2, 0) is 11.2 Å². The molecule has 5 heteroatoms. The molecular formula is C15H13Cl2NO2. The molecule has 2 rings (SSSR count). The fraction of sp³-hybridized carbons (Fsp3) is 0.133. The fourth-order valence-electron chi connectivity index (χ4n) is 2.01. The van der Waals surface area contributed by atoms with Gasteiger partial charge in [-0.3, -0.25) is 4.79 Å². The van der Waals surface area contributed by atoms with Crippen LogP contribution in [0.5, 0.6) is 0 Å². The second-order valence-corrected chi connectivity index (χ2v) is 5.23. The molecule has 1 atom stereocenters. The van der Waals surface area contributed by atoms with Crippen LogP contribution in [0.4, 0.5) is 0 Å². The predicted molar refractivity (Wildman–Crippen MR) is 79.9 cm³/mol.